The molecule has 0 aliphatic carbocycles. The quantitative estimate of drug-likeness (QED) is 0.377. The fourth-order valence-electron chi connectivity index (χ4n) is 5.98. The number of likely N-dealkylation sites (N-methyl/N-ethyl adjacent to an activating group) is 1. The molecule has 0 saturated carbocycles. The molecule has 2 fully saturated rings. The lowest BCUT2D eigenvalue weighted by molar-refractivity contribution is 0.0448. The van der Waals surface area contributed by atoms with Gasteiger partial charge in [-0.1, -0.05) is 13.0 Å². The van der Waals surface area contributed by atoms with Crippen LogP contribution < -0.4 is 9.80 Å². The number of aromatic hydroxyl groups is 1. The summed E-state index contributed by atoms with van der Waals surface area (Å²) in [5, 5.41) is 22.9. The standard InChI is InChI=1S/C30H34F2N6O2/c1-5-20-23(31)8-7-17-11-19(39)12-21(24(17)20)26-25(32)27-22(13-33-26)28(37-10-6-9-30(2,40)16-37)35-29(34-27)38-14-18(15-38)36(3)4/h7-8,11-13,18,39-40H,5-6,9-10,14-16H2,1-4H3/t30-/m1/s1. The van der Waals surface area contributed by atoms with Crippen LogP contribution in [0.25, 0.3) is 32.9 Å². The topological polar surface area (TPSA) is 88.8 Å². The third-order valence-corrected chi connectivity index (χ3v) is 8.26. The van der Waals surface area contributed by atoms with E-state index in [1.54, 1.807) is 25.3 Å². The normalized spacial score (nSPS) is 20.1. The van der Waals surface area contributed by atoms with Gasteiger partial charge in [-0.25, -0.2) is 13.8 Å². The summed E-state index contributed by atoms with van der Waals surface area (Å²) in [6.07, 6.45) is 3.39. The molecule has 4 heterocycles. The van der Waals surface area contributed by atoms with Crippen molar-refractivity contribution < 1.29 is 19.0 Å². The van der Waals surface area contributed by atoms with Crippen LogP contribution in [0.4, 0.5) is 20.5 Å². The summed E-state index contributed by atoms with van der Waals surface area (Å²) < 4.78 is 31.4. The molecule has 0 bridgehead atoms. The van der Waals surface area contributed by atoms with Crippen LogP contribution in [0.15, 0.2) is 30.5 Å². The highest BCUT2D eigenvalue weighted by Crippen LogP contribution is 2.40. The smallest absolute Gasteiger partial charge is 0.228 e. The molecule has 1 atom stereocenters. The van der Waals surface area contributed by atoms with Crippen molar-refractivity contribution in [3.05, 3.63) is 47.7 Å². The molecule has 2 saturated heterocycles. The van der Waals surface area contributed by atoms with E-state index in [4.69, 9.17) is 4.98 Å². The van der Waals surface area contributed by atoms with E-state index in [1.807, 2.05) is 30.8 Å². The van der Waals surface area contributed by atoms with Gasteiger partial charge in [-0.15, -0.1) is 0 Å². The number of piperidine rings is 1. The number of benzene rings is 2. The van der Waals surface area contributed by atoms with E-state index in [1.165, 1.54) is 12.1 Å². The zero-order chi connectivity index (χ0) is 28.3. The second kappa shape index (κ2) is 9.78. The summed E-state index contributed by atoms with van der Waals surface area (Å²) >= 11 is 0. The number of phenols is 1. The monoisotopic (exact) mass is 548 g/mol. The van der Waals surface area contributed by atoms with Crippen molar-refractivity contribution in [2.45, 2.75) is 44.8 Å². The van der Waals surface area contributed by atoms with E-state index >= 15 is 4.39 Å². The van der Waals surface area contributed by atoms with E-state index in [2.05, 4.69) is 14.9 Å². The van der Waals surface area contributed by atoms with Gasteiger partial charge in [0.1, 0.15) is 28.6 Å². The van der Waals surface area contributed by atoms with Gasteiger partial charge in [-0.2, -0.15) is 4.98 Å². The van der Waals surface area contributed by atoms with Gasteiger partial charge in [0.05, 0.1) is 11.0 Å². The van der Waals surface area contributed by atoms with E-state index in [0.717, 1.165) is 6.42 Å². The van der Waals surface area contributed by atoms with Crippen LogP contribution in [0.2, 0.25) is 0 Å². The average Bonchev–Trinajstić information content (AvgIpc) is 2.87. The van der Waals surface area contributed by atoms with Crippen LogP contribution in [0, 0.1) is 11.6 Å². The second-order valence-electron chi connectivity index (χ2n) is 11.5. The van der Waals surface area contributed by atoms with Gasteiger partial charge in [0.15, 0.2) is 5.82 Å². The SMILES string of the molecule is CCc1c(F)ccc2cc(O)cc(-c3ncc4c(N5CCC[C@@](C)(O)C5)nc(N5CC(N(C)C)C5)nc4c3F)c12. The Morgan fingerprint density at radius 1 is 1.12 bits per heavy atom. The van der Waals surface area contributed by atoms with E-state index in [9.17, 15) is 14.6 Å². The lowest BCUT2D eigenvalue weighted by Gasteiger charge is -2.43. The molecular weight excluding hydrogens is 514 g/mol. The number of fused-ring (bicyclic) bond motifs is 2. The number of rotatable bonds is 5. The van der Waals surface area contributed by atoms with Gasteiger partial charge in [-0.3, -0.25) is 4.98 Å². The Labute approximate surface area is 231 Å². The summed E-state index contributed by atoms with van der Waals surface area (Å²) in [7, 11) is 4.05. The number of β-amino-alcohol motifs (C(OH)–C–C–N with tert-alkyl or cyclic N) is 1. The lowest BCUT2D eigenvalue weighted by atomic mass is 9.94. The van der Waals surface area contributed by atoms with Crippen LogP contribution in [0.5, 0.6) is 5.75 Å². The first-order valence-electron chi connectivity index (χ1n) is 13.8. The van der Waals surface area contributed by atoms with Crippen molar-refractivity contribution in [3.8, 4) is 17.0 Å². The fraction of sp³-hybridized carbons (Fsp3) is 0.433. The molecule has 0 amide bonds. The van der Waals surface area contributed by atoms with E-state index in [0.29, 0.717) is 84.1 Å². The number of hydrogen-bond acceptors (Lipinski definition) is 8. The molecule has 0 radical (unpaired) electrons. The molecule has 0 unspecified atom stereocenters. The highest BCUT2D eigenvalue weighted by atomic mass is 19.1. The zero-order valence-electron chi connectivity index (χ0n) is 23.2. The average molecular weight is 549 g/mol. The van der Waals surface area contributed by atoms with Crippen molar-refractivity contribution in [1.82, 2.24) is 19.9 Å². The minimum atomic E-state index is -0.893. The van der Waals surface area contributed by atoms with Crippen molar-refractivity contribution in [2.24, 2.45) is 0 Å². The van der Waals surface area contributed by atoms with Crippen LogP contribution in [0.1, 0.15) is 32.3 Å². The Kier molecular flexibility index (Phi) is 6.50. The number of aromatic nitrogens is 3. The van der Waals surface area contributed by atoms with Crippen LogP contribution in [-0.4, -0.2) is 82.0 Å². The maximum Gasteiger partial charge on any atom is 0.228 e. The largest absolute Gasteiger partial charge is 0.508 e. The van der Waals surface area contributed by atoms with Gasteiger partial charge >= 0.3 is 0 Å². The first-order chi connectivity index (χ1) is 19.1. The van der Waals surface area contributed by atoms with Crippen molar-refractivity contribution >= 4 is 33.4 Å². The van der Waals surface area contributed by atoms with Gasteiger partial charge in [-0.05, 0) is 74.8 Å². The third kappa shape index (κ3) is 4.49. The van der Waals surface area contributed by atoms with Gasteiger partial charge in [0, 0.05) is 44.0 Å². The molecule has 0 spiro atoms. The summed E-state index contributed by atoms with van der Waals surface area (Å²) in [5.41, 5.74) is -0.0527. The fourth-order valence-corrected chi connectivity index (χ4v) is 5.98. The van der Waals surface area contributed by atoms with Crippen molar-refractivity contribution in [2.75, 3.05) is 50.1 Å². The Morgan fingerprint density at radius 3 is 2.60 bits per heavy atom. The minimum Gasteiger partial charge on any atom is -0.508 e. The number of aliphatic hydroxyl groups is 1. The van der Waals surface area contributed by atoms with Gasteiger partial charge in [0.2, 0.25) is 5.95 Å². The van der Waals surface area contributed by atoms with E-state index < -0.39 is 11.4 Å². The molecule has 4 aromatic rings. The Balaban J connectivity index is 1.57. The Hall–Kier alpha value is -3.63. The van der Waals surface area contributed by atoms with Crippen molar-refractivity contribution in [3.63, 3.8) is 0 Å². The Morgan fingerprint density at radius 2 is 1.90 bits per heavy atom. The Bertz CT molecular complexity index is 1620. The molecule has 8 nitrogen and oxygen atoms in total. The maximum absolute atomic E-state index is 16.6. The maximum atomic E-state index is 16.6. The number of pyridine rings is 1. The molecule has 2 aromatic heterocycles. The van der Waals surface area contributed by atoms with Gasteiger partial charge < -0.3 is 24.9 Å². The zero-order valence-corrected chi connectivity index (χ0v) is 23.2. The molecular formula is C30H34F2N6O2. The van der Waals surface area contributed by atoms with Gasteiger partial charge in [0.25, 0.3) is 0 Å². The second-order valence-corrected chi connectivity index (χ2v) is 11.5. The van der Waals surface area contributed by atoms with Crippen LogP contribution in [-0.2, 0) is 6.42 Å². The number of hydrogen-bond donors (Lipinski definition) is 2. The van der Waals surface area contributed by atoms with Crippen LogP contribution in [0.3, 0.4) is 0 Å². The highest BCUT2D eigenvalue weighted by molar-refractivity contribution is 6.02. The van der Waals surface area contributed by atoms with E-state index in [-0.39, 0.29) is 22.8 Å². The molecule has 210 valence electrons. The summed E-state index contributed by atoms with van der Waals surface area (Å²) in [6, 6.07) is 6.26. The molecule has 10 heteroatoms. The minimum absolute atomic E-state index is 0.00952. The van der Waals surface area contributed by atoms with Crippen LogP contribution >= 0.6 is 0 Å². The summed E-state index contributed by atoms with van der Waals surface area (Å²) in [4.78, 5) is 20.2. The summed E-state index contributed by atoms with van der Waals surface area (Å²) in [5.74, 6) is -0.155. The molecule has 2 aromatic carbocycles. The summed E-state index contributed by atoms with van der Waals surface area (Å²) in [6.45, 7) is 6.10. The first kappa shape index (κ1) is 26.6. The number of anilines is 2. The molecule has 40 heavy (non-hydrogen) atoms. The highest BCUT2D eigenvalue weighted by Gasteiger charge is 2.34. The molecule has 6 rings (SSSR count). The predicted octanol–water partition coefficient (Wildman–Crippen LogP) is 4.49. The lowest BCUT2D eigenvalue weighted by Crippen LogP contribution is -2.58. The number of aryl methyl sites for hydroxylation is 1. The first-order valence-corrected chi connectivity index (χ1v) is 13.8. The number of nitrogens with zero attached hydrogens (tertiary/aromatic N) is 6. The predicted molar refractivity (Wildman–Crippen MR) is 153 cm³/mol. The number of phenolic OH excluding ortho intramolecular Hbond substituents is 1. The molecule has 2 aliphatic heterocycles. The van der Waals surface area contributed by atoms with Crippen molar-refractivity contribution in [1.29, 1.82) is 0 Å². The number of halogens is 2. The molecule has 2 aliphatic rings. The molecule has 2 N–H and O–H groups in total. The third-order valence-electron chi connectivity index (χ3n) is 8.26.